The van der Waals surface area contributed by atoms with E-state index in [2.05, 4.69) is 4.98 Å². The quantitative estimate of drug-likeness (QED) is 0.360. The van der Waals surface area contributed by atoms with Gasteiger partial charge in [-0.05, 0) is 22.6 Å². The van der Waals surface area contributed by atoms with E-state index < -0.39 is 4.92 Å². The summed E-state index contributed by atoms with van der Waals surface area (Å²) < 4.78 is 0.410. The molecule has 0 saturated carbocycles. The van der Waals surface area contributed by atoms with Gasteiger partial charge in [-0.2, -0.15) is 0 Å². The highest BCUT2D eigenvalue weighted by Crippen LogP contribution is 2.23. The zero-order valence-electron chi connectivity index (χ0n) is 7.19. The molecule has 6 heteroatoms. The first-order chi connectivity index (χ1) is 6.02. The number of nitrogens with zero attached hydrogens (tertiary/aromatic N) is 3. The number of nitro groups is 1. The van der Waals surface area contributed by atoms with Gasteiger partial charge >= 0.3 is 5.69 Å². The Kier molecular flexibility index (Phi) is 3.02. The van der Waals surface area contributed by atoms with Crippen LogP contribution in [0.1, 0.15) is 0 Å². The van der Waals surface area contributed by atoms with Crippen molar-refractivity contribution in [1.82, 2.24) is 4.98 Å². The number of rotatable bonds is 2. The third-order valence-corrected chi connectivity index (χ3v) is 2.35. The Balaban J connectivity index is 3.19. The van der Waals surface area contributed by atoms with Crippen LogP contribution < -0.4 is 4.90 Å². The van der Waals surface area contributed by atoms with Crippen LogP contribution in [0.4, 0.5) is 11.4 Å². The number of anilines is 1. The first kappa shape index (κ1) is 10.2. The summed E-state index contributed by atoms with van der Waals surface area (Å²) in [7, 11) is 3.63. The van der Waals surface area contributed by atoms with E-state index in [-0.39, 0.29) is 5.69 Å². The van der Waals surface area contributed by atoms with Gasteiger partial charge in [-0.15, -0.1) is 0 Å². The minimum absolute atomic E-state index is 0.0480. The van der Waals surface area contributed by atoms with E-state index in [9.17, 15) is 10.1 Å². The van der Waals surface area contributed by atoms with Gasteiger partial charge in [0.1, 0.15) is 0 Å². The van der Waals surface area contributed by atoms with Crippen molar-refractivity contribution >= 4 is 34.0 Å². The zero-order valence-corrected chi connectivity index (χ0v) is 9.35. The summed E-state index contributed by atoms with van der Waals surface area (Å²) in [5.41, 5.74) is 0.777. The minimum Gasteiger partial charge on any atom is -0.376 e. The standard InChI is InChI=1S/C7H8IN3O2/c1-10(2)5-3-6(11(12)13)7(8)9-4-5/h3-4H,1-2H3. The molecule has 0 unspecified atom stereocenters. The van der Waals surface area contributed by atoms with Crippen molar-refractivity contribution in [2.45, 2.75) is 0 Å². The fraction of sp³-hybridized carbons (Fsp3) is 0.286. The molecular formula is C7H8IN3O2. The largest absolute Gasteiger partial charge is 0.376 e. The van der Waals surface area contributed by atoms with Crippen molar-refractivity contribution in [1.29, 1.82) is 0 Å². The third-order valence-electron chi connectivity index (χ3n) is 1.52. The molecular weight excluding hydrogens is 285 g/mol. The topological polar surface area (TPSA) is 59.3 Å². The molecule has 0 aliphatic rings. The van der Waals surface area contributed by atoms with Gasteiger partial charge in [0.05, 0.1) is 16.8 Å². The molecule has 1 heterocycles. The maximum atomic E-state index is 10.5. The molecule has 0 spiro atoms. The highest BCUT2D eigenvalue weighted by atomic mass is 127. The van der Waals surface area contributed by atoms with E-state index in [1.165, 1.54) is 6.07 Å². The van der Waals surface area contributed by atoms with Gasteiger partial charge < -0.3 is 4.90 Å². The molecule has 0 saturated heterocycles. The first-order valence-corrected chi connectivity index (χ1v) is 4.57. The van der Waals surface area contributed by atoms with Gasteiger partial charge in [-0.25, -0.2) is 4.98 Å². The predicted molar refractivity (Wildman–Crippen MR) is 57.9 cm³/mol. The summed E-state index contributed by atoms with van der Waals surface area (Å²) in [6.45, 7) is 0. The zero-order chi connectivity index (χ0) is 10.0. The fourth-order valence-corrected chi connectivity index (χ4v) is 1.29. The Bertz CT molecular complexity index is 341. The van der Waals surface area contributed by atoms with Crippen molar-refractivity contribution in [2.24, 2.45) is 0 Å². The van der Waals surface area contributed by atoms with Gasteiger partial charge in [0.25, 0.3) is 0 Å². The molecule has 0 aromatic carbocycles. The summed E-state index contributed by atoms with van der Waals surface area (Å²) >= 11 is 1.84. The average molecular weight is 293 g/mol. The Morgan fingerprint density at radius 3 is 2.69 bits per heavy atom. The summed E-state index contributed by atoms with van der Waals surface area (Å²) in [5, 5.41) is 10.5. The van der Waals surface area contributed by atoms with E-state index in [0.29, 0.717) is 3.70 Å². The van der Waals surface area contributed by atoms with E-state index in [1.54, 1.807) is 11.1 Å². The lowest BCUT2D eigenvalue weighted by atomic mass is 10.3. The summed E-state index contributed by atoms with van der Waals surface area (Å²) in [5.74, 6) is 0. The van der Waals surface area contributed by atoms with E-state index >= 15 is 0 Å². The number of hydrogen-bond donors (Lipinski definition) is 0. The monoisotopic (exact) mass is 293 g/mol. The normalized spacial score (nSPS) is 9.77. The molecule has 0 bridgehead atoms. The molecule has 0 N–H and O–H groups in total. The van der Waals surface area contributed by atoms with Crippen LogP contribution >= 0.6 is 22.6 Å². The van der Waals surface area contributed by atoms with Crippen molar-refractivity contribution in [3.05, 3.63) is 26.1 Å². The maximum Gasteiger partial charge on any atom is 0.303 e. The van der Waals surface area contributed by atoms with Gasteiger partial charge in [0.2, 0.25) is 0 Å². The smallest absolute Gasteiger partial charge is 0.303 e. The van der Waals surface area contributed by atoms with Crippen LogP contribution in [0, 0.1) is 13.8 Å². The van der Waals surface area contributed by atoms with Crippen LogP contribution in [-0.2, 0) is 0 Å². The van der Waals surface area contributed by atoms with Gasteiger partial charge in [-0.3, -0.25) is 10.1 Å². The summed E-state index contributed by atoms with van der Waals surface area (Å²) in [6, 6.07) is 1.51. The number of halogens is 1. The summed E-state index contributed by atoms with van der Waals surface area (Å²) in [4.78, 5) is 15.8. The molecule has 1 aromatic heterocycles. The molecule has 1 aromatic rings. The van der Waals surface area contributed by atoms with Crippen LogP contribution in [0.25, 0.3) is 0 Å². The van der Waals surface area contributed by atoms with Gasteiger partial charge in [-0.1, -0.05) is 0 Å². The molecule has 5 nitrogen and oxygen atoms in total. The maximum absolute atomic E-state index is 10.5. The van der Waals surface area contributed by atoms with Crippen LogP contribution in [0.15, 0.2) is 12.3 Å². The Morgan fingerprint density at radius 2 is 2.23 bits per heavy atom. The fourth-order valence-electron chi connectivity index (χ4n) is 0.798. The van der Waals surface area contributed by atoms with Gasteiger partial charge in [0.15, 0.2) is 3.70 Å². The second-order valence-corrected chi connectivity index (χ2v) is 3.68. The molecule has 0 aliphatic heterocycles. The Morgan fingerprint density at radius 1 is 1.62 bits per heavy atom. The number of hydrogen-bond acceptors (Lipinski definition) is 4. The first-order valence-electron chi connectivity index (χ1n) is 3.49. The Labute approximate surface area is 89.1 Å². The van der Waals surface area contributed by atoms with Crippen molar-refractivity contribution in [3.63, 3.8) is 0 Å². The Hall–Kier alpha value is -0.920. The number of pyridine rings is 1. The van der Waals surface area contributed by atoms with Crippen LogP contribution in [0.5, 0.6) is 0 Å². The van der Waals surface area contributed by atoms with Crippen LogP contribution in [-0.4, -0.2) is 24.0 Å². The lowest BCUT2D eigenvalue weighted by Crippen LogP contribution is -2.09. The molecule has 13 heavy (non-hydrogen) atoms. The molecule has 0 aliphatic carbocycles. The summed E-state index contributed by atoms with van der Waals surface area (Å²) in [6.07, 6.45) is 1.61. The van der Waals surface area contributed by atoms with E-state index in [1.807, 2.05) is 36.7 Å². The molecule has 0 amide bonds. The molecule has 1 rings (SSSR count). The van der Waals surface area contributed by atoms with Crippen LogP contribution in [0.2, 0.25) is 0 Å². The SMILES string of the molecule is CN(C)c1cnc(I)c([N+](=O)[O-])c1. The molecule has 0 atom stereocenters. The third kappa shape index (κ3) is 2.27. The second kappa shape index (κ2) is 3.86. The average Bonchev–Trinajstić information content (AvgIpc) is 2.04. The van der Waals surface area contributed by atoms with Crippen LogP contribution in [0.3, 0.4) is 0 Å². The molecule has 0 radical (unpaired) electrons. The lowest BCUT2D eigenvalue weighted by Gasteiger charge is -2.10. The van der Waals surface area contributed by atoms with Crippen molar-refractivity contribution in [3.8, 4) is 0 Å². The molecule has 0 fully saturated rings. The van der Waals surface area contributed by atoms with E-state index in [0.717, 1.165) is 5.69 Å². The van der Waals surface area contributed by atoms with Gasteiger partial charge in [0, 0.05) is 20.2 Å². The lowest BCUT2D eigenvalue weighted by molar-refractivity contribution is -0.386. The predicted octanol–water partition coefficient (Wildman–Crippen LogP) is 1.66. The highest BCUT2D eigenvalue weighted by Gasteiger charge is 2.14. The minimum atomic E-state index is -0.429. The van der Waals surface area contributed by atoms with E-state index in [4.69, 9.17) is 0 Å². The second-order valence-electron chi connectivity index (χ2n) is 2.65. The highest BCUT2D eigenvalue weighted by molar-refractivity contribution is 14.1. The number of aromatic nitrogens is 1. The molecule has 70 valence electrons. The van der Waals surface area contributed by atoms with Crippen molar-refractivity contribution < 1.29 is 4.92 Å². The van der Waals surface area contributed by atoms with Crippen molar-refractivity contribution in [2.75, 3.05) is 19.0 Å².